The first-order valence-corrected chi connectivity index (χ1v) is 7.77. The fraction of sp³-hybridized carbons (Fsp3) is 0.389. The maximum absolute atomic E-state index is 12.8. The van der Waals surface area contributed by atoms with Crippen LogP contribution < -0.4 is 5.32 Å². The number of ketones is 1. The Labute approximate surface area is 135 Å². The van der Waals surface area contributed by atoms with Gasteiger partial charge in [0, 0.05) is 6.04 Å². The molecule has 0 radical (unpaired) electrons. The van der Waals surface area contributed by atoms with E-state index in [-0.39, 0.29) is 11.9 Å². The highest BCUT2D eigenvalue weighted by Gasteiger charge is 2.27. The van der Waals surface area contributed by atoms with Crippen molar-refractivity contribution in [1.29, 1.82) is 5.26 Å². The van der Waals surface area contributed by atoms with E-state index in [1.54, 1.807) is 6.07 Å². The number of carbonyl (C=O) groups is 2. The zero-order valence-electron chi connectivity index (χ0n) is 12.8. The number of nitrogens with one attached hydrogen (secondary N) is 1. The number of carbonyl (C=O) groups excluding carboxylic acids is 2. The Kier molecular flexibility index (Phi) is 6.04. The molecule has 0 unspecified atom stereocenters. The Balaban J connectivity index is 1.95. The first-order chi connectivity index (χ1) is 11.1. The summed E-state index contributed by atoms with van der Waals surface area (Å²) in [6.07, 6.45) is 7.73. The van der Waals surface area contributed by atoms with Gasteiger partial charge in [-0.15, -0.1) is 0 Å². The smallest absolute Gasteiger partial charge is 0.245 e. The van der Waals surface area contributed by atoms with E-state index in [2.05, 4.69) is 5.32 Å². The predicted octanol–water partition coefficient (Wildman–Crippen LogP) is 3.00. The number of halogens is 1. The molecule has 2 rings (SSSR count). The van der Waals surface area contributed by atoms with E-state index < -0.39 is 17.6 Å². The van der Waals surface area contributed by atoms with Crippen LogP contribution in [0.4, 0.5) is 4.39 Å². The summed E-state index contributed by atoms with van der Waals surface area (Å²) < 4.78 is 12.8. The third-order valence-corrected chi connectivity index (χ3v) is 3.94. The molecule has 1 aliphatic rings. The van der Waals surface area contributed by atoms with Crippen molar-refractivity contribution < 1.29 is 14.0 Å². The molecule has 1 atom stereocenters. The quantitative estimate of drug-likeness (QED) is 0.671. The van der Waals surface area contributed by atoms with Crippen molar-refractivity contribution >= 4 is 17.8 Å². The second-order valence-corrected chi connectivity index (χ2v) is 5.69. The molecule has 0 heterocycles. The Morgan fingerprint density at radius 3 is 2.48 bits per heavy atom. The van der Waals surface area contributed by atoms with Gasteiger partial charge in [0.05, 0.1) is 6.07 Å². The molecule has 1 aromatic carbocycles. The molecule has 0 aromatic heterocycles. The van der Waals surface area contributed by atoms with Gasteiger partial charge in [-0.1, -0.05) is 37.5 Å². The van der Waals surface area contributed by atoms with E-state index in [9.17, 15) is 14.0 Å². The van der Waals surface area contributed by atoms with Crippen LogP contribution in [0.3, 0.4) is 0 Å². The van der Waals surface area contributed by atoms with Crippen LogP contribution in [0, 0.1) is 23.1 Å². The third-order valence-electron chi connectivity index (χ3n) is 3.94. The Hall–Kier alpha value is -2.48. The molecule has 1 fully saturated rings. The van der Waals surface area contributed by atoms with Crippen molar-refractivity contribution in [3.63, 3.8) is 0 Å². The zero-order valence-corrected chi connectivity index (χ0v) is 12.8. The van der Waals surface area contributed by atoms with E-state index in [4.69, 9.17) is 5.26 Å². The van der Waals surface area contributed by atoms with Crippen molar-refractivity contribution in [2.75, 3.05) is 0 Å². The summed E-state index contributed by atoms with van der Waals surface area (Å²) in [6, 6.07) is 7.41. The van der Waals surface area contributed by atoms with Gasteiger partial charge < -0.3 is 5.32 Å². The minimum atomic E-state index is -1.34. The molecule has 4 nitrogen and oxygen atoms in total. The number of nitriles is 1. The molecule has 0 aliphatic heterocycles. The van der Waals surface area contributed by atoms with E-state index >= 15 is 0 Å². The van der Waals surface area contributed by atoms with Gasteiger partial charge in [0.2, 0.25) is 5.91 Å². The molecular formula is C18H19FN2O2. The van der Waals surface area contributed by atoms with Crippen LogP contribution in [0.15, 0.2) is 30.3 Å². The van der Waals surface area contributed by atoms with E-state index in [1.165, 1.54) is 36.4 Å². The lowest BCUT2D eigenvalue weighted by atomic mass is 9.94. The molecule has 5 heteroatoms. The lowest BCUT2D eigenvalue weighted by Gasteiger charge is -2.23. The molecule has 1 saturated carbocycles. The number of hydrogen-bond acceptors (Lipinski definition) is 3. The molecular weight excluding hydrogens is 295 g/mol. The van der Waals surface area contributed by atoms with Gasteiger partial charge >= 0.3 is 0 Å². The molecule has 1 amide bonds. The molecule has 23 heavy (non-hydrogen) atoms. The van der Waals surface area contributed by atoms with Crippen LogP contribution in [0.1, 0.15) is 37.7 Å². The summed E-state index contributed by atoms with van der Waals surface area (Å²) >= 11 is 0. The average molecular weight is 314 g/mol. The summed E-state index contributed by atoms with van der Waals surface area (Å²) in [5, 5.41) is 11.9. The Morgan fingerprint density at radius 1 is 1.22 bits per heavy atom. The van der Waals surface area contributed by atoms with Gasteiger partial charge in [0.25, 0.3) is 0 Å². The highest BCUT2D eigenvalue weighted by Crippen LogP contribution is 2.18. The number of amides is 1. The number of nitrogens with zero attached hydrogens (tertiary/aromatic N) is 1. The monoisotopic (exact) mass is 314 g/mol. The van der Waals surface area contributed by atoms with Gasteiger partial charge in [-0.25, -0.2) is 4.39 Å². The molecule has 0 bridgehead atoms. The predicted molar refractivity (Wildman–Crippen MR) is 84.6 cm³/mol. The highest BCUT2D eigenvalue weighted by atomic mass is 19.1. The molecule has 1 N–H and O–H groups in total. The standard InChI is InChI=1S/C18H19FN2O2/c19-14-9-6-13(7-10-14)8-11-17(22)16(12-20)18(23)21-15-4-2-1-3-5-15/h6-11,15-16H,1-5H2,(H,21,23)/b11-8+/t16-/m0/s1. The minimum Gasteiger partial charge on any atom is -0.352 e. The van der Waals surface area contributed by atoms with Crippen LogP contribution in [0.25, 0.3) is 6.08 Å². The molecule has 0 saturated heterocycles. The van der Waals surface area contributed by atoms with Crippen LogP contribution >= 0.6 is 0 Å². The van der Waals surface area contributed by atoms with Gasteiger partial charge in [0.1, 0.15) is 5.82 Å². The number of hydrogen-bond donors (Lipinski definition) is 1. The fourth-order valence-corrected chi connectivity index (χ4v) is 2.63. The van der Waals surface area contributed by atoms with Crippen molar-refractivity contribution in [2.24, 2.45) is 5.92 Å². The number of benzene rings is 1. The first-order valence-electron chi connectivity index (χ1n) is 7.77. The first kappa shape index (κ1) is 16.9. The summed E-state index contributed by atoms with van der Waals surface area (Å²) in [6.45, 7) is 0. The Morgan fingerprint density at radius 2 is 1.87 bits per heavy atom. The average Bonchev–Trinajstić information content (AvgIpc) is 2.56. The second-order valence-electron chi connectivity index (χ2n) is 5.69. The SMILES string of the molecule is N#C[C@@H](C(=O)/C=C/c1ccc(F)cc1)C(=O)NC1CCCCC1. The van der Waals surface area contributed by atoms with Crippen LogP contribution in [0.5, 0.6) is 0 Å². The van der Waals surface area contributed by atoms with E-state index in [0.29, 0.717) is 5.56 Å². The lowest BCUT2D eigenvalue weighted by molar-refractivity contribution is -0.130. The van der Waals surface area contributed by atoms with Crippen LogP contribution in [-0.2, 0) is 9.59 Å². The largest absolute Gasteiger partial charge is 0.352 e. The third kappa shape index (κ3) is 5.03. The van der Waals surface area contributed by atoms with Gasteiger partial charge in [-0.3, -0.25) is 9.59 Å². The molecule has 1 aliphatic carbocycles. The minimum absolute atomic E-state index is 0.0565. The Bertz CT molecular complexity index is 625. The topological polar surface area (TPSA) is 70.0 Å². The summed E-state index contributed by atoms with van der Waals surface area (Å²) in [7, 11) is 0. The van der Waals surface area contributed by atoms with Crippen LogP contribution in [0.2, 0.25) is 0 Å². The van der Waals surface area contributed by atoms with Gasteiger partial charge in [-0.2, -0.15) is 5.26 Å². The zero-order chi connectivity index (χ0) is 16.7. The second kappa shape index (κ2) is 8.23. The summed E-state index contributed by atoms with van der Waals surface area (Å²) in [5.41, 5.74) is 0.629. The van der Waals surface area contributed by atoms with Crippen molar-refractivity contribution in [2.45, 2.75) is 38.1 Å². The normalized spacial score (nSPS) is 16.7. The van der Waals surface area contributed by atoms with Crippen molar-refractivity contribution in [3.05, 3.63) is 41.7 Å². The number of rotatable bonds is 5. The van der Waals surface area contributed by atoms with Gasteiger partial charge in [0.15, 0.2) is 11.7 Å². The fourth-order valence-electron chi connectivity index (χ4n) is 2.63. The highest BCUT2D eigenvalue weighted by molar-refractivity contribution is 6.10. The lowest BCUT2D eigenvalue weighted by Crippen LogP contribution is -2.41. The summed E-state index contributed by atoms with van der Waals surface area (Å²) in [5.74, 6) is -2.80. The van der Waals surface area contributed by atoms with Crippen molar-refractivity contribution in [1.82, 2.24) is 5.32 Å². The van der Waals surface area contributed by atoms with Crippen LogP contribution in [-0.4, -0.2) is 17.7 Å². The number of allylic oxidation sites excluding steroid dienone is 1. The molecule has 120 valence electrons. The maximum Gasteiger partial charge on any atom is 0.245 e. The van der Waals surface area contributed by atoms with E-state index in [0.717, 1.165) is 32.1 Å². The molecule has 1 aromatic rings. The van der Waals surface area contributed by atoms with Crippen molar-refractivity contribution in [3.8, 4) is 6.07 Å². The van der Waals surface area contributed by atoms with E-state index in [1.807, 2.05) is 0 Å². The maximum atomic E-state index is 12.8. The molecule has 0 spiro atoms. The summed E-state index contributed by atoms with van der Waals surface area (Å²) in [4.78, 5) is 24.2. The van der Waals surface area contributed by atoms with Gasteiger partial charge in [-0.05, 0) is 36.6 Å².